The van der Waals surface area contributed by atoms with Gasteiger partial charge in [0.05, 0.1) is 30.3 Å². The SMILES string of the molecule is Cl.O=C1CN(S(=O)(=O)c2ccc3cc(Cl)ccc3c2)CCN1NCC1CCN(c2ccnc(CO)c2)CC1. The maximum atomic E-state index is 13.2. The van der Waals surface area contributed by atoms with Crippen LogP contribution in [0.3, 0.4) is 0 Å². The molecule has 3 heterocycles. The average molecular weight is 581 g/mol. The number of halogens is 2. The van der Waals surface area contributed by atoms with E-state index >= 15 is 0 Å². The van der Waals surface area contributed by atoms with Crippen molar-refractivity contribution in [2.75, 3.05) is 44.2 Å². The van der Waals surface area contributed by atoms with E-state index in [4.69, 9.17) is 11.6 Å². The number of hydrogen-bond acceptors (Lipinski definition) is 7. The highest BCUT2D eigenvalue weighted by molar-refractivity contribution is 7.89. The van der Waals surface area contributed by atoms with Crippen molar-refractivity contribution in [1.29, 1.82) is 0 Å². The van der Waals surface area contributed by atoms with Gasteiger partial charge in [-0.3, -0.25) is 14.8 Å². The lowest BCUT2D eigenvalue weighted by Gasteiger charge is -2.37. The number of piperazine rings is 1. The molecule has 0 saturated carbocycles. The number of hydrogen-bond donors (Lipinski definition) is 2. The van der Waals surface area contributed by atoms with Gasteiger partial charge in [0.15, 0.2) is 0 Å². The van der Waals surface area contributed by atoms with Crippen LogP contribution >= 0.6 is 24.0 Å². The molecule has 1 aromatic heterocycles. The highest BCUT2D eigenvalue weighted by Crippen LogP contribution is 2.26. The van der Waals surface area contributed by atoms with Gasteiger partial charge in [-0.2, -0.15) is 4.31 Å². The number of sulfonamides is 1. The Morgan fingerprint density at radius 1 is 1.00 bits per heavy atom. The topological polar surface area (TPSA) is 106 Å². The third kappa shape index (κ3) is 6.22. The molecule has 0 bridgehead atoms. The third-order valence-corrected chi connectivity index (χ3v) is 9.19. The van der Waals surface area contributed by atoms with E-state index in [1.807, 2.05) is 12.1 Å². The maximum Gasteiger partial charge on any atom is 0.252 e. The van der Waals surface area contributed by atoms with Crippen LogP contribution in [0.5, 0.6) is 0 Å². The van der Waals surface area contributed by atoms with Gasteiger partial charge in [-0.15, -0.1) is 12.4 Å². The van der Waals surface area contributed by atoms with E-state index in [-0.39, 0.29) is 42.9 Å². The molecule has 1 amide bonds. The Kier molecular flexibility index (Phi) is 9.12. The number of amides is 1. The molecular weight excluding hydrogens is 549 g/mol. The summed E-state index contributed by atoms with van der Waals surface area (Å²) in [6.45, 7) is 2.70. The summed E-state index contributed by atoms with van der Waals surface area (Å²) in [5.74, 6) is 0.157. The molecule has 2 fully saturated rings. The Hall–Kier alpha value is -2.47. The first-order chi connectivity index (χ1) is 17.8. The van der Waals surface area contributed by atoms with Crippen molar-refractivity contribution in [3.05, 3.63) is 65.4 Å². The zero-order valence-corrected chi connectivity index (χ0v) is 23.2. The quantitative estimate of drug-likeness (QED) is 0.443. The minimum Gasteiger partial charge on any atom is -0.390 e. The van der Waals surface area contributed by atoms with E-state index in [2.05, 4.69) is 15.3 Å². The molecule has 5 rings (SSSR count). The number of anilines is 1. The Labute approximate surface area is 233 Å². The molecule has 2 aliphatic rings. The number of benzene rings is 2. The molecule has 0 spiro atoms. The molecular formula is C26H31Cl2N5O4S. The number of fused-ring (bicyclic) bond motifs is 1. The Morgan fingerprint density at radius 3 is 2.47 bits per heavy atom. The largest absolute Gasteiger partial charge is 0.390 e. The summed E-state index contributed by atoms with van der Waals surface area (Å²) in [5.41, 5.74) is 4.97. The normalized spacial score (nSPS) is 17.6. The van der Waals surface area contributed by atoms with E-state index in [1.165, 1.54) is 4.31 Å². The average Bonchev–Trinajstić information content (AvgIpc) is 2.92. The number of carbonyl (C=O) groups is 1. The molecule has 204 valence electrons. The molecule has 38 heavy (non-hydrogen) atoms. The summed E-state index contributed by atoms with van der Waals surface area (Å²) in [6.07, 6.45) is 3.66. The van der Waals surface area contributed by atoms with Crippen molar-refractivity contribution in [2.45, 2.75) is 24.3 Å². The highest BCUT2D eigenvalue weighted by Gasteiger charge is 2.33. The molecule has 0 unspecified atom stereocenters. The summed E-state index contributed by atoms with van der Waals surface area (Å²) in [6, 6.07) is 14.1. The smallest absolute Gasteiger partial charge is 0.252 e. The standard InChI is InChI=1S/C26H30ClN5O4S.ClH/c27-22-3-1-21-14-25(4-2-20(21)13-22)37(35,36)31-11-12-32(26(34)17-31)29-16-19-6-9-30(10-7-19)24-5-8-28-23(15-24)18-33;/h1-5,8,13-15,19,29,33H,6-7,9-12,16-18H2;1H. The monoisotopic (exact) mass is 579 g/mol. The van der Waals surface area contributed by atoms with Crippen molar-refractivity contribution in [3.8, 4) is 0 Å². The summed E-state index contributed by atoms with van der Waals surface area (Å²) >= 11 is 6.03. The van der Waals surface area contributed by atoms with Crippen LogP contribution in [-0.2, 0) is 21.4 Å². The van der Waals surface area contributed by atoms with E-state index in [1.54, 1.807) is 47.6 Å². The third-order valence-electron chi connectivity index (χ3n) is 7.11. The lowest BCUT2D eigenvalue weighted by molar-refractivity contribution is -0.137. The second-order valence-electron chi connectivity index (χ2n) is 9.49. The first-order valence-electron chi connectivity index (χ1n) is 12.4. The zero-order chi connectivity index (χ0) is 26.0. The fourth-order valence-corrected chi connectivity index (χ4v) is 6.51. The number of pyridine rings is 1. The Bertz CT molecular complexity index is 1400. The fourth-order valence-electron chi connectivity index (χ4n) is 4.91. The van der Waals surface area contributed by atoms with Crippen LogP contribution < -0.4 is 10.3 Å². The van der Waals surface area contributed by atoms with E-state index in [0.29, 0.717) is 29.7 Å². The lowest BCUT2D eigenvalue weighted by Crippen LogP contribution is -2.57. The number of carbonyl (C=O) groups excluding carboxylic acids is 1. The second-order valence-corrected chi connectivity index (χ2v) is 11.9. The predicted molar refractivity (Wildman–Crippen MR) is 150 cm³/mol. The van der Waals surface area contributed by atoms with Crippen molar-refractivity contribution >= 4 is 56.4 Å². The lowest BCUT2D eigenvalue weighted by atomic mass is 9.96. The van der Waals surface area contributed by atoms with Gasteiger partial charge in [-0.1, -0.05) is 23.7 Å². The molecule has 2 N–H and O–H groups in total. The van der Waals surface area contributed by atoms with Gasteiger partial charge >= 0.3 is 0 Å². The molecule has 9 nitrogen and oxygen atoms in total. The van der Waals surface area contributed by atoms with Crippen LogP contribution in [0.15, 0.2) is 59.6 Å². The van der Waals surface area contributed by atoms with E-state index in [9.17, 15) is 18.3 Å². The number of aliphatic hydroxyl groups is 1. The molecule has 0 aliphatic carbocycles. The summed E-state index contributed by atoms with van der Waals surface area (Å²) < 4.78 is 27.7. The van der Waals surface area contributed by atoms with Gasteiger partial charge in [0.1, 0.15) is 0 Å². The van der Waals surface area contributed by atoms with Gasteiger partial charge in [0.25, 0.3) is 5.91 Å². The van der Waals surface area contributed by atoms with Crippen molar-refractivity contribution in [2.24, 2.45) is 5.92 Å². The number of nitrogens with zero attached hydrogens (tertiary/aromatic N) is 4. The Balaban J connectivity index is 0.00000336. The highest BCUT2D eigenvalue weighted by atomic mass is 35.5. The number of aliphatic hydroxyl groups excluding tert-OH is 1. The van der Waals surface area contributed by atoms with Gasteiger partial charge < -0.3 is 10.0 Å². The zero-order valence-electron chi connectivity index (χ0n) is 20.8. The summed E-state index contributed by atoms with van der Waals surface area (Å²) in [7, 11) is -3.79. The minimum absolute atomic E-state index is 0. The van der Waals surface area contributed by atoms with Crippen LogP contribution in [0, 0.1) is 5.92 Å². The number of hydrazine groups is 1. The molecule has 0 atom stereocenters. The summed E-state index contributed by atoms with van der Waals surface area (Å²) in [4.78, 5) is 19.4. The molecule has 2 saturated heterocycles. The number of nitrogens with one attached hydrogen (secondary N) is 1. The van der Waals surface area contributed by atoms with E-state index in [0.717, 1.165) is 42.4 Å². The van der Waals surface area contributed by atoms with Crippen LogP contribution in [0.1, 0.15) is 18.5 Å². The van der Waals surface area contributed by atoms with Crippen molar-refractivity contribution in [1.82, 2.24) is 19.7 Å². The number of aromatic nitrogens is 1. The molecule has 12 heteroatoms. The van der Waals surface area contributed by atoms with Gasteiger partial charge in [0.2, 0.25) is 10.0 Å². The van der Waals surface area contributed by atoms with Crippen molar-refractivity contribution in [3.63, 3.8) is 0 Å². The fraction of sp³-hybridized carbons (Fsp3) is 0.385. The Morgan fingerprint density at radius 2 is 1.74 bits per heavy atom. The maximum absolute atomic E-state index is 13.2. The molecule has 2 aliphatic heterocycles. The van der Waals surface area contributed by atoms with E-state index < -0.39 is 10.0 Å². The van der Waals surface area contributed by atoms with Gasteiger partial charge in [-0.05, 0) is 65.9 Å². The first-order valence-corrected chi connectivity index (χ1v) is 14.2. The van der Waals surface area contributed by atoms with Crippen LogP contribution in [0.2, 0.25) is 5.02 Å². The van der Waals surface area contributed by atoms with Crippen molar-refractivity contribution < 1.29 is 18.3 Å². The second kappa shape index (κ2) is 12.1. The van der Waals surface area contributed by atoms with Gasteiger partial charge in [0, 0.05) is 43.1 Å². The molecule has 0 radical (unpaired) electrons. The van der Waals surface area contributed by atoms with Crippen LogP contribution in [0.25, 0.3) is 10.8 Å². The number of piperidine rings is 1. The van der Waals surface area contributed by atoms with Gasteiger partial charge in [-0.25, -0.2) is 13.8 Å². The van der Waals surface area contributed by atoms with Crippen LogP contribution in [-0.4, -0.2) is 73.0 Å². The first kappa shape index (κ1) is 28.5. The molecule has 2 aromatic carbocycles. The van der Waals surface area contributed by atoms with Crippen LogP contribution in [0.4, 0.5) is 5.69 Å². The molecule has 3 aromatic rings. The minimum atomic E-state index is -3.79. The summed E-state index contributed by atoms with van der Waals surface area (Å²) in [5, 5.41) is 13.1. The predicted octanol–water partition coefficient (Wildman–Crippen LogP) is 3.06. The number of rotatable bonds is 7.